The van der Waals surface area contributed by atoms with Crippen molar-refractivity contribution in [1.29, 1.82) is 0 Å². The standard InChI is InChI=1S/C21H22FNO8/c1-28-17-10-9-15(11-18(17)31-13-14-7-5-4-6-8-14)16(12-23(26)27)21(22,19(24)29-2)20(25)30-3/h4-11,16H,12-13H2,1-3H3/t16-/m1/s1. The van der Waals surface area contributed by atoms with Gasteiger partial charge in [-0.3, -0.25) is 10.1 Å². The van der Waals surface area contributed by atoms with Gasteiger partial charge in [-0.25, -0.2) is 14.0 Å². The minimum absolute atomic E-state index is 0.0427. The van der Waals surface area contributed by atoms with Crippen molar-refractivity contribution in [2.24, 2.45) is 0 Å². The van der Waals surface area contributed by atoms with Crippen LogP contribution in [0.25, 0.3) is 0 Å². The van der Waals surface area contributed by atoms with Crippen molar-refractivity contribution in [2.75, 3.05) is 27.9 Å². The molecule has 2 aromatic carbocycles. The third kappa shape index (κ3) is 5.27. The molecule has 166 valence electrons. The van der Waals surface area contributed by atoms with Crippen LogP contribution in [0, 0.1) is 10.1 Å². The Morgan fingerprint density at radius 2 is 1.65 bits per heavy atom. The Kier molecular flexibility index (Phi) is 7.89. The van der Waals surface area contributed by atoms with Crippen LogP contribution in [0.5, 0.6) is 11.5 Å². The molecule has 10 heteroatoms. The van der Waals surface area contributed by atoms with Crippen LogP contribution in [0.4, 0.5) is 4.39 Å². The molecule has 0 spiro atoms. The predicted molar refractivity (Wildman–Crippen MR) is 106 cm³/mol. The van der Waals surface area contributed by atoms with Gasteiger partial charge in [0.2, 0.25) is 6.54 Å². The predicted octanol–water partition coefficient (Wildman–Crippen LogP) is 2.69. The van der Waals surface area contributed by atoms with Crippen molar-refractivity contribution < 1.29 is 37.9 Å². The average molecular weight is 435 g/mol. The number of rotatable bonds is 10. The van der Waals surface area contributed by atoms with E-state index in [0.29, 0.717) is 0 Å². The number of carbonyl (C=O) groups excluding carboxylic acids is 2. The smallest absolute Gasteiger partial charge is 0.356 e. The molecule has 0 aliphatic rings. The fraction of sp³-hybridized carbons (Fsp3) is 0.333. The first-order chi connectivity index (χ1) is 14.8. The third-order valence-electron chi connectivity index (χ3n) is 4.60. The third-order valence-corrected chi connectivity index (χ3v) is 4.60. The van der Waals surface area contributed by atoms with Gasteiger partial charge in [-0.15, -0.1) is 0 Å². The minimum atomic E-state index is -3.44. The summed E-state index contributed by atoms with van der Waals surface area (Å²) in [5.74, 6) is -4.62. The first kappa shape index (κ1) is 23.6. The number of carbonyl (C=O) groups is 2. The van der Waals surface area contributed by atoms with Crippen LogP contribution in [0.2, 0.25) is 0 Å². The molecule has 0 aliphatic heterocycles. The normalized spacial score (nSPS) is 11.9. The maximum Gasteiger partial charge on any atom is 0.356 e. The Hall–Kier alpha value is -3.69. The van der Waals surface area contributed by atoms with E-state index >= 15 is 4.39 Å². The maximum atomic E-state index is 15.7. The van der Waals surface area contributed by atoms with E-state index < -0.39 is 35.0 Å². The molecular formula is C21H22FNO8. The quantitative estimate of drug-likeness (QED) is 0.242. The van der Waals surface area contributed by atoms with Gasteiger partial charge in [-0.1, -0.05) is 36.4 Å². The zero-order valence-corrected chi connectivity index (χ0v) is 17.2. The molecule has 0 fully saturated rings. The molecule has 0 saturated carbocycles. The van der Waals surface area contributed by atoms with E-state index in [-0.39, 0.29) is 23.7 Å². The van der Waals surface area contributed by atoms with E-state index in [1.807, 2.05) is 30.3 Å². The van der Waals surface area contributed by atoms with Crippen LogP contribution < -0.4 is 9.47 Å². The van der Waals surface area contributed by atoms with E-state index in [2.05, 4.69) is 9.47 Å². The molecule has 0 unspecified atom stereocenters. The summed E-state index contributed by atoms with van der Waals surface area (Å²) in [5, 5.41) is 11.2. The number of ether oxygens (including phenoxy) is 4. The van der Waals surface area contributed by atoms with Crippen LogP contribution >= 0.6 is 0 Å². The number of halogens is 1. The van der Waals surface area contributed by atoms with Crippen molar-refractivity contribution in [2.45, 2.75) is 18.2 Å². The molecule has 0 aliphatic carbocycles. The van der Waals surface area contributed by atoms with Gasteiger partial charge < -0.3 is 18.9 Å². The number of hydrogen-bond acceptors (Lipinski definition) is 8. The van der Waals surface area contributed by atoms with E-state index in [4.69, 9.17) is 9.47 Å². The second kappa shape index (κ2) is 10.4. The molecule has 0 bridgehead atoms. The highest BCUT2D eigenvalue weighted by Gasteiger charge is 2.58. The first-order valence-electron chi connectivity index (χ1n) is 9.10. The molecule has 2 rings (SSSR count). The van der Waals surface area contributed by atoms with E-state index in [1.165, 1.54) is 25.3 Å². The average Bonchev–Trinajstić information content (AvgIpc) is 2.79. The lowest BCUT2D eigenvalue weighted by Gasteiger charge is -2.27. The number of nitro groups is 1. The van der Waals surface area contributed by atoms with Crippen molar-refractivity contribution in [1.82, 2.24) is 0 Å². The second-order valence-corrected chi connectivity index (χ2v) is 6.45. The summed E-state index contributed by atoms with van der Waals surface area (Å²) in [5.41, 5.74) is -2.65. The van der Waals surface area contributed by atoms with Gasteiger partial charge in [0.15, 0.2) is 11.5 Å². The van der Waals surface area contributed by atoms with E-state index in [0.717, 1.165) is 19.8 Å². The number of benzene rings is 2. The van der Waals surface area contributed by atoms with Gasteiger partial charge >= 0.3 is 17.6 Å². The van der Waals surface area contributed by atoms with Gasteiger partial charge in [-0.2, -0.15) is 0 Å². The second-order valence-electron chi connectivity index (χ2n) is 6.45. The highest BCUT2D eigenvalue weighted by molar-refractivity contribution is 6.04. The summed E-state index contributed by atoms with van der Waals surface area (Å²) >= 11 is 0. The molecule has 0 N–H and O–H groups in total. The molecule has 0 amide bonds. The molecule has 2 aromatic rings. The van der Waals surface area contributed by atoms with Crippen molar-refractivity contribution >= 4 is 11.9 Å². The number of alkyl halides is 1. The fourth-order valence-electron chi connectivity index (χ4n) is 3.03. The number of esters is 2. The van der Waals surface area contributed by atoms with Crippen LogP contribution in [-0.2, 0) is 25.7 Å². The summed E-state index contributed by atoms with van der Waals surface area (Å²) in [6, 6.07) is 13.1. The zero-order valence-electron chi connectivity index (χ0n) is 17.2. The van der Waals surface area contributed by atoms with Gasteiger partial charge in [0.25, 0.3) is 0 Å². The van der Waals surface area contributed by atoms with E-state index in [9.17, 15) is 19.7 Å². The van der Waals surface area contributed by atoms with E-state index in [1.54, 1.807) is 0 Å². The van der Waals surface area contributed by atoms with Gasteiger partial charge in [0.1, 0.15) is 12.5 Å². The van der Waals surface area contributed by atoms with Crippen LogP contribution in [-0.4, -0.2) is 50.4 Å². The Morgan fingerprint density at radius 3 is 2.16 bits per heavy atom. The van der Waals surface area contributed by atoms with Crippen LogP contribution in [0.1, 0.15) is 17.0 Å². The monoisotopic (exact) mass is 435 g/mol. The molecule has 0 radical (unpaired) electrons. The zero-order chi connectivity index (χ0) is 23.0. The van der Waals surface area contributed by atoms with Gasteiger partial charge in [0.05, 0.1) is 21.3 Å². The summed E-state index contributed by atoms with van der Waals surface area (Å²) in [4.78, 5) is 34.8. The van der Waals surface area contributed by atoms with Crippen LogP contribution in [0.15, 0.2) is 48.5 Å². The summed E-state index contributed by atoms with van der Waals surface area (Å²) < 4.78 is 35.5. The van der Waals surface area contributed by atoms with Crippen molar-refractivity contribution in [3.8, 4) is 11.5 Å². The molecule has 0 aromatic heterocycles. The SMILES string of the molecule is COC(=O)C(F)(C(=O)OC)[C@H](C[N+](=O)[O-])c1ccc(OC)c(OCc2ccccc2)c1. The highest BCUT2D eigenvalue weighted by atomic mass is 19.1. The Labute approximate surface area is 177 Å². The Balaban J connectivity index is 2.51. The molecule has 1 atom stereocenters. The van der Waals surface area contributed by atoms with Gasteiger partial charge in [-0.05, 0) is 23.3 Å². The topological polar surface area (TPSA) is 114 Å². The summed E-state index contributed by atoms with van der Waals surface area (Å²) in [7, 11) is 3.12. The lowest BCUT2D eigenvalue weighted by Crippen LogP contribution is -2.51. The number of hydrogen-bond donors (Lipinski definition) is 0. The Bertz CT molecular complexity index is 918. The molecule has 31 heavy (non-hydrogen) atoms. The first-order valence-corrected chi connectivity index (χ1v) is 9.10. The van der Waals surface area contributed by atoms with Crippen molar-refractivity contribution in [3.05, 3.63) is 69.8 Å². The van der Waals surface area contributed by atoms with Gasteiger partial charge in [0, 0.05) is 4.92 Å². The largest absolute Gasteiger partial charge is 0.493 e. The number of methoxy groups -OCH3 is 3. The number of nitrogens with zero attached hydrogens (tertiary/aromatic N) is 1. The molecule has 0 heterocycles. The molecular weight excluding hydrogens is 413 g/mol. The van der Waals surface area contributed by atoms with Crippen molar-refractivity contribution in [3.63, 3.8) is 0 Å². The molecule has 9 nitrogen and oxygen atoms in total. The Morgan fingerprint density at radius 1 is 1.03 bits per heavy atom. The molecule has 0 saturated heterocycles. The fourth-order valence-corrected chi connectivity index (χ4v) is 3.03. The van der Waals surface area contributed by atoms with Crippen LogP contribution in [0.3, 0.4) is 0 Å². The lowest BCUT2D eigenvalue weighted by atomic mass is 9.83. The summed E-state index contributed by atoms with van der Waals surface area (Å²) in [6.45, 7) is -0.944. The lowest BCUT2D eigenvalue weighted by molar-refractivity contribution is -0.485. The summed E-state index contributed by atoms with van der Waals surface area (Å²) in [6.07, 6.45) is 0. The minimum Gasteiger partial charge on any atom is -0.493 e. The highest BCUT2D eigenvalue weighted by Crippen LogP contribution is 2.39. The maximum absolute atomic E-state index is 15.7.